The molecule has 0 saturated carbocycles. The zero-order valence-corrected chi connectivity index (χ0v) is 46.7. The standard InChI is InChI=1S/C57H82N3O17P/c1-4-5-6-7-8-9-10-11-12-13-14-15-16-17-18-19-55(63)72-38-48(75-44(3)61)39-74-78(65,66)73-31-29-59-57(64)70-35-34-68-41-54(62)58-28-30-67-32-33-69-42-56-76-52-27-25-47(37-53(52)77-56)45-21-23-46(24-22-45)50-40-71-51-26-20-43(2)36-49(51)60-50/h20-27,36-37,48,56H,4-19,28-35,38-42H2,1-3H3,(H,58,62)(H,59,64)(H,65,66). The van der Waals surface area contributed by atoms with E-state index in [2.05, 4.69) is 17.6 Å². The summed E-state index contributed by atoms with van der Waals surface area (Å²) >= 11 is 0. The Bertz CT molecular complexity index is 2350. The van der Waals surface area contributed by atoms with Gasteiger partial charge in [-0.25, -0.2) is 14.4 Å². The summed E-state index contributed by atoms with van der Waals surface area (Å²) < 4.78 is 71.8. The van der Waals surface area contributed by atoms with Crippen LogP contribution < -0.4 is 24.8 Å². The summed E-state index contributed by atoms with van der Waals surface area (Å²) in [5.41, 5.74) is 5.84. The minimum atomic E-state index is -4.64. The highest BCUT2D eigenvalue weighted by Crippen LogP contribution is 2.43. The Morgan fingerprint density at radius 2 is 1.29 bits per heavy atom. The summed E-state index contributed by atoms with van der Waals surface area (Å²) in [7, 11) is -4.64. The fourth-order valence-corrected chi connectivity index (χ4v) is 9.07. The van der Waals surface area contributed by atoms with Gasteiger partial charge < -0.3 is 58.2 Å². The molecule has 78 heavy (non-hydrogen) atoms. The van der Waals surface area contributed by atoms with Gasteiger partial charge in [0.15, 0.2) is 17.6 Å². The van der Waals surface area contributed by atoms with Gasteiger partial charge >= 0.3 is 25.9 Å². The first-order valence-corrected chi connectivity index (χ1v) is 29.1. The lowest BCUT2D eigenvalue weighted by atomic mass is 10.0. The van der Waals surface area contributed by atoms with E-state index < -0.39 is 51.5 Å². The van der Waals surface area contributed by atoms with Crippen LogP contribution in [0.25, 0.3) is 11.1 Å². The molecule has 0 fully saturated rings. The van der Waals surface area contributed by atoms with E-state index in [4.69, 9.17) is 56.7 Å². The van der Waals surface area contributed by atoms with Crippen LogP contribution in [-0.2, 0) is 56.4 Å². The third-order valence-electron chi connectivity index (χ3n) is 12.4. The van der Waals surface area contributed by atoms with Crippen LogP contribution >= 0.6 is 7.82 Å². The number of ether oxygens (including phenoxy) is 9. The van der Waals surface area contributed by atoms with E-state index >= 15 is 0 Å². The Morgan fingerprint density at radius 3 is 2.01 bits per heavy atom. The number of phosphoric ester groups is 1. The molecule has 0 bridgehead atoms. The second kappa shape index (κ2) is 36.5. The lowest BCUT2D eigenvalue weighted by Crippen LogP contribution is -2.32. The minimum Gasteiger partial charge on any atom is -0.485 e. The molecule has 0 aromatic heterocycles. The largest absolute Gasteiger partial charge is 0.485 e. The highest BCUT2D eigenvalue weighted by Gasteiger charge is 2.27. The lowest BCUT2D eigenvalue weighted by Gasteiger charge is -2.19. The number of alkyl carbamates (subject to hydrolysis) is 1. The number of amides is 2. The molecule has 432 valence electrons. The predicted octanol–water partition coefficient (Wildman–Crippen LogP) is 10.0. The van der Waals surface area contributed by atoms with Crippen LogP contribution in [-0.4, -0.2) is 133 Å². The van der Waals surface area contributed by atoms with Crippen molar-refractivity contribution in [2.24, 2.45) is 4.99 Å². The first kappa shape index (κ1) is 63.2. The third kappa shape index (κ3) is 25.9. The maximum absolute atomic E-state index is 12.4. The van der Waals surface area contributed by atoms with Gasteiger partial charge in [0, 0.05) is 26.4 Å². The van der Waals surface area contributed by atoms with Crippen LogP contribution in [0.15, 0.2) is 65.7 Å². The van der Waals surface area contributed by atoms with Gasteiger partial charge in [0.05, 0.1) is 45.4 Å². The quantitative estimate of drug-likeness (QED) is 0.0207. The lowest BCUT2D eigenvalue weighted by molar-refractivity contribution is -0.159. The van der Waals surface area contributed by atoms with Crippen molar-refractivity contribution in [3.05, 3.63) is 71.8 Å². The summed E-state index contributed by atoms with van der Waals surface area (Å²) in [5, 5.41) is 5.00. The van der Waals surface area contributed by atoms with E-state index in [9.17, 15) is 28.6 Å². The molecule has 3 N–H and O–H groups in total. The zero-order chi connectivity index (χ0) is 55.6. The van der Waals surface area contributed by atoms with Crippen molar-refractivity contribution >= 4 is 43.2 Å². The number of hydrogen-bond acceptors (Lipinski definition) is 17. The summed E-state index contributed by atoms with van der Waals surface area (Å²) in [6.45, 7) is 4.99. The Morgan fingerprint density at radius 1 is 0.667 bits per heavy atom. The number of rotatable bonds is 41. The molecule has 0 radical (unpaired) electrons. The number of esters is 2. The second-order valence-electron chi connectivity index (χ2n) is 19.1. The number of carbonyl (C=O) groups excluding carboxylic acids is 4. The summed E-state index contributed by atoms with van der Waals surface area (Å²) in [5.74, 6) is 0.504. The SMILES string of the molecule is CCCCCCCCCCCCCCCCCC(=O)OCC(COP(=O)(O)OCCNC(=O)OCCOCC(=O)NCCOCCOCC1Oc2ccc(-c3ccc(C4=Nc5cc(C)ccc5OC4)cc3)cc2O1)OC(C)=O. The van der Waals surface area contributed by atoms with Gasteiger partial charge in [0.25, 0.3) is 6.29 Å². The number of benzene rings is 3. The van der Waals surface area contributed by atoms with Gasteiger partial charge in [-0.15, -0.1) is 0 Å². The van der Waals surface area contributed by atoms with Crippen LogP contribution in [0, 0.1) is 6.92 Å². The maximum atomic E-state index is 12.4. The van der Waals surface area contributed by atoms with Crippen LogP contribution in [0.1, 0.15) is 128 Å². The monoisotopic (exact) mass is 1110 g/mol. The summed E-state index contributed by atoms with van der Waals surface area (Å²) in [4.78, 5) is 62.9. The number of carbonyl (C=O) groups is 4. The molecule has 0 aliphatic carbocycles. The van der Waals surface area contributed by atoms with Gasteiger partial charge in [-0.3, -0.25) is 23.4 Å². The van der Waals surface area contributed by atoms with Crippen molar-refractivity contribution in [2.45, 2.75) is 136 Å². The minimum absolute atomic E-state index is 0.0683. The number of nitrogens with one attached hydrogen (secondary N) is 2. The number of phosphoric acid groups is 1. The maximum Gasteiger partial charge on any atom is 0.472 e. The summed E-state index contributed by atoms with van der Waals surface area (Å²) in [6.07, 6.45) is 15.8. The number of fused-ring (bicyclic) bond motifs is 2. The molecular formula is C57H82N3O17P. The molecule has 2 amide bonds. The summed E-state index contributed by atoms with van der Waals surface area (Å²) in [6, 6.07) is 20.0. The Hall–Kier alpha value is -5.60. The fraction of sp³-hybridized carbons (Fsp3) is 0.596. The molecule has 0 spiro atoms. The smallest absolute Gasteiger partial charge is 0.472 e. The van der Waals surface area contributed by atoms with E-state index in [1.807, 2.05) is 67.6 Å². The van der Waals surface area contributed by atoms with Crippen LogP contribution in [0.4, 0.5) is 10.5 Å². The predicted molar refractivity (Wildman–Crippen MR) is 292 cm³/mol. The molecule has 2 aliphatic heterocycles. The van der Waals surface area contributed by atoms with Crippen molar-refractivity contribution in [1.82, 2.24) is 10.6 Å². The van der Waals surface area contributed by atoms with E-state index in [1.54, 1.807) is 0 Å². The van der Waals surface area contributed by atoms with E-state index in [0.717, 1.165) is 65.6 Å². The van der Waals surface area contributed by atoms with Gasteiger partial charge in [-0.05, 0) is 59.9 Å². The molecule has 3 atom stereocenters. The van der Waals surface area contributed by atoms with E-state index in [1.165, 1.54) is 70.6 Å². The molecule has 20 nitrogen and oxygen atoms in total. The average Bonchev–Trinajstić information content (AvgIpc) is 3.91. The third-order valence-corrected chi connectivity index (χ3v) is 13.4. The number of nitrogens with zero attached hydrogens (tertiary/aromatic N) is 1. The van der Waals surface area contributed by atoms with Crippen LogP contribution in [0.3, 0.4) is 0 Å². The van der Waals surface area contributed by atoms with Gasteiger partial charge in [-0.1, -0.05) is 133 Å². The molecule has 5 rings (SSSR count). The average molecular weight is 1110 g/mol. The first-order chi connectivity index (χ1) is 37.9. The zero-order valence-electron chi connectivity index (χ0n) is 45.8. The van der Waals surface area contributed by atoms with Crippen molar-refractivity contribution in [3.8, 4) is 28.4 Å². The van der Waals surface area contributed by atoms with Gasteiger partial charge in [0.2, 0.25) is 5.91 Å². The molecule has 3 aromatic rings. The fourth-order valence-electron chi connectivity index (χ4n) is 8.32. The second-order valence-corrected chi connectivity index (χ2v) is 20.5. The van der Waals surface area contributed by atoms with Crippen molar-refractivity contribution < 1.29 is 80.3 Å². The van der Waals surface area contributed by atoms with Crippen molar-refractivity contribution in [2.75, 3.05) is 85.8 Å². The first-order valence-electron chi connectivity index (χ1n) is 27.6. The normalized spacial score (nSPS) is 14.6. The molecule has 3 unspecified atom stereocenters. The molecule has 3 aromatic carbocycles. The molecule has 21 heteroatoms. The molecule has 2 heterocycles. The van der Waals surface area contributed by atoms with E-state index in [-0.39, 0.29) is 78.3 Å². The molecule has 0 saturated heterocycles. The van der Waals surface area contributed by atoms with Crippen molar-refractivity contribution in [1.29, 1.82) is 0 Å². The van der Waals surface area contributed by atoms with Crippen LogP contribution in [0.2, 0.25) is 0 Å². The number of hydrogen-bond donors (Lipinski definition) is 3. The van der Waals surface area contributed by atoms with Crippen LogP contribution in [0.5, 0.6) is 17.2 Å². The highest BCUT2D eigenvalue weighted by atomic mass is 31.2. The molecule has 2 aliphatic rings. The van der Waals surface area contributed by atoms with Gasteiger partial charge in [-0.2, -0.15) is 0 Å². The Labute approximate surface area is 459 Å². The highest BCUT2D eigenvalue weighted by molar-refractivity contribution is 7.47. The number of aryl methyl sites for hydroxylation is 1. The van der Waals surface area contributed by atoms with E-state index in [0.29, 0.717) is 24.5 Å². The number of unbranched alkanes of at least 4 members (excludes halogenated alkanes) is 14. The Balaban J connectivity index is 0.794. The van der Waals surface area contributed by atoms with Crippen molar-refractivity contribution in [3.63, 3.8) is 0 Å². The Kier molecular flexibility index (Phi) is 29.6. The van der Waals surface area contributed by atoms with Gasteiger partial charge in [0.1, 0.15) is 44.5 Å². The number of aliphatic imine (C=N–C) groups is 1. The topological polar surface area (TPSA) is 244 Å². The molecular weight excluding hydrogens is 1030 g/mol.